The van der Waals surface area contributed by atoms with Gasteiger partial charge in [0, 0.05) is 0 Å². The van der Waals surface area contributed by atoms with Crippen molar-refractivity contribution in [3.05, 3.63) is 29.3 Å². The Kier molecular flexibility index (Phi) is 2.49. The SMILES string of the molecule is Cc1ccc(OC(C)C)c(C2CC2)c1. The van der Waals surface area contributed by atoms with Crippen LogP contribution in [0.3, 0.4) is 0 Å². The highest BCUT2D eigenvalue weighted by Crippen LogP contribution is 2.44. The molecule has 1 aromatic carbocycles. The van der Waals surface area contributed by atoms with E-state index in [1.54, 1.807) is 0 Å². The molecule has 76 valence electrons. The van der Waals surface area contributed by atoms with Crippen LogP contribution in [0.4, 0.5) is 0 Å². The predicted octanol–water partition coefficient (Wildman–Crippen LogP) is 3.66. The molecule has 14 heavy (non-hydrogen) atoms. The van der Waals surface area contributed by atoms with Crippen molar-refractivity contribution < 1.29 is 4.74 Å². The van der Waals surface area contributed by atoms with Gasteiger partial charge < -0.3 is 4.74 Å². The maximum absolute atomic E-state index is 5.80. The lowest BCUT2D eigenvalue weighted by Crippen LogP contribution is -2.07. The second-order valence-electron chi connectivity index (χ2n) is 4.48. The Morgan fingerprint density at radius 2 is 2.00 bits per heavy atom. The van der Waals surface area contributed by atoms with E-state index < -0.39 is 0 Å². The maximum atomic E-state index is 5.80. The van der Waals surface area contributed by atoms with E-state index in [0.717, 1.165) is 11.7 Å². The quantitative estimate of drug-likeness (QED) is 0.706. The Labute approximate surface area is 86.1 Å². The number of rotatable bonds is 3. The van der Waals surface area contributed by atoms with Gasteiger partial charge >= 0.3 is 0 Å². The summed E-state index contributed by atoms with van der Waals surface area (Å²) in [5.41, 5.74) is 2.75. The summed E-state index contributed by atoms with van der Waals surface area (Å²) in [6, 6.07) is 6.52. The lowest BCUT2D eigenvalue weighted by Gasteiger charge is -2.14. The second-order valence-corrected chi connectivity index (χ2v) is 4.48. The molecule has 0 N–H and O–H groups in total. The topological polar surface area (TPSA) is 9.23 Å². The molecule has 1 saturated carbocycles. The average molecular weight is 190 g/mol. The van der Waals surface area contributed by atoms with Crippen molar-refractivity contribution in [2.45, 2.75) is 45.6 Å². The molecule has 0 bridgehead atoms. The van der Waals surface area contributed by atoms with E-state index in [0.29, 0.717) is 0 Å². The van der Waals surface area contributed by atoms with E-state index in [-0.39, 0.29) is 6.10 Å². The number of ether oxygens (including phenoxy) is 1. The number of benzene rings is 1. The normalized spacial score (nSPS) is 16.0. The Bertz CT molecular complexity index is 324. The summed E-state index contributed by atoms with van der Waals surface area (Å²) in [7, 11) is 0. The van der Waals surface area contributed by atoms with Crippen molar-refractivity contribution in [2.75, 3.05) is 0 Å². The van der Waals surface area contributed by atoms with Crippen LogP contribution in [-0.4, -0.2) is 6.10 Å². The molecule has 1 aliphatic rings. The molecular weight excluding hydrogens is 172 g/mol. The minimum Gasteiger partial charge on any atom is -0.491 e. The smallest absolute Gasteiger partial charge is 0.123 e. The van der Waals surface area contributed by atoms with Crippen molar-refractivity contribution in [1.82, 2.24) is 0 Å². The molecule has 0 aromatic heterocycles. The first-order valence-corrected chi connectivity index (χ1v) is 5.44. The Morgan fingerprint density at radius 3 is 2.57 bits per heavy atom. The number of aryl methyl sites for hydroxylation is 1. The Hall–Kier alpha value is -0.980. The summed E-state index contributed by atoms with van der Waals surface area (Å²) < 4.78 is 5.80. The molecule has 1 heteroatoms. The molecule has 0 atom stereocenters. The van der Waals surface area contributed by atoms with Crippen LogP contribution in [0.2, 0.25) is 0 Å². The van der Waals surface area contributed by atoms with Crippen molar-refractivity contribution in [1.29, 1.82) is 0 Å². The van der Waals surface area contributed by atoms with Gasteiger partial charge in [0.05, 0.1) is 6.10 Å². The van der Waals surface area contributed by atoms with Gasteiger partial charge in [-0.3, -0.25) is 0 Å². The molecule has 0 heterocycles. The largest absolute Gasteiger partial charge is 0.491 e. The average Bonchev–Trinajstić information content (AvgIpc) is 2.90. The maximum Gasteiger partial charge on any atom is 0.123 e. The van der Waals surface area contributed by atoms with Crippen LogP contribution in [0.25, 0.3) is 0 Å². The zero-order chi connectivity index (χ0) is 10.1. The molecule has 0 spiro atoms. The van der Waals surface area contributed by atoms with E-state index in [1.165, 1.54) is 24.0 Å². The third-order valence-electron chi connectivity index (χ3n) is 2.55. The zero-order valence-electron chi connectivity index (χ0n) is 9.21. The first-order valence-electron chi connectivity index (χ1n) is 5.44. The fraction of sp³-hybridized carbons (Fsp3) is 0.538. The van der Waals surface area contributed by atoms with Crippen LogP contribution in [0.15, 0.2) is 18.2 Å². The summed E-state index contributed by atoms with van der Waals surface area (Å²) in [6.45, 7) is 6.30. The summed E-state index contributed by atoms with van der Waals surface area (Å²) in [5.74, 6) is 1.86. The van der Waals surface area contributed by atoms with Gasteiger partial charge in [0.2, 0.25) is 0 Å². The molecular formula is C13H18O. The molecule has 2 rings (SSSR count). The second kappa shape index (κ2) is 3.64. The lowest BCUT2D eigenvalue weighted by molar-refractivity contribution is 0.240. The highest BCUT2D eigenvalue weighted by Gasteiger charge is 2.26. The minimum absolute atomic E-state index is 0.273. The highest BCUT2D eigenvalue weighted by atomic mass is 16.5. The van der Waals surface area contributed by atoms with Gasteiger partial charge in [-0.1, -0.05) is 17.7 Å². The summed E-state index contributed by atoms with van der Waals surface area (Å²) in [4.78, 5) is 0. The fourth-order valence-electron chi connectivity index (χ4n) is 1.74. The number of hydrogen-bond acceptors (Lipinski definition) is 1. The van der Waals surface area contributed by atoms with Gasteiger partial charge in [-0.15, -0.1) is 0 Å². The third-order valence-corrected chi connectivity index (χ3v) is 2.55. The van der Waals surface area contributed by atoms with Gasteiger partial charge in [-0.2, -0.15) is 0 Å². The van der Waals surface area contributed by atoms with Crippen LogP contribution >= 0.6 is 0 Å². The molecule has 1 aliphatic carbocycles. The van der Waals surface area contributed by atoms with Crippen LogP contribution in [-0.2, 0) is 0 Å². The summed E-state index contributed by atoms with van der Waals surface area (Å²) >= 11 is 0. The van der Waals surface area contributed by atoms with Gasteiger partial charge in [-0.05, 0) is 51.2 Å². The first-order chi connectivity index (χ1) is 6.66. The first kappa shape index (κ1) is 9.57. The molecule has 1 aromatic rings. The Morgan fingerprint density at radius 1 is 1.29 bits per heavy atom. The van der Waals surface area contributed by atoms with E-state index in [9.17, 15) is 0 Å². The van der Waals surface area contributed by atoms with Gasteiger partial charge in [0.25, 0.3) is 0 Å². The molecule has 0 radical (unpaired) electrons. The van der Waals surface area contributed by atoms with Gasteiger partial charge in [0.1, 0.15) is 5.75 Å². The van der Waals surface area contributed by atoms with Crippen LogP contribution < -0.4 is 4.74 Å². The molecule has 0 unspecified atom stereocenters. The number of hydrogen-bond donors (Lipinski definition) is 0. The molecule has 1 fully saturated rings. The molecule has 0 aliphatic heterocycles. The fourth-order valence-corrected chi connectivity index (χ4v) is 1.74. The van der Waals surface area contributed by atoms with Crippen LogP contribution in [0.1, 0.15) is 43.7 Å². The third kappa shape index (κ3) is 2.09. The van der Waals surface area contributed by atoms with Crippen molar-refractivity contribution in [2.24, 2.45) is 0 Å². The zero-order valence-corrected chi connectivity index (χ0v) is 9.21. The van der Waals surface area contributed by atoms with E-state index in [2.05, 4.69) is 39.0 Å². The molecule has 0 saturated heterocycles. The van der Waals surface area contributed by atoms with Crippen molar-refractivity contribution in [3.63, 3.8) is 0 Å². The van der Waals surface area contributed by atoms with Crippen molar-refractivity contribution in [3.8, 4) is 5.75 Å². The highest BCUT2D eigenvalue weighted by molar-refractivity contribution is 5.41. The lowest BCUT2D eigenvalue weighted by atomic mass is 10.1. The van der Waals surface area contributed by atoms with Gasteiger partial charge in [0.15, 0.2) is 0 Å². The minimum atomic E-state index is 0.273. The standard InChI is InChI=1S/C13H18O/c1-9(2)14-13-7-4-10(3)8-12(13)11-5-6-11/h4,7-9,11H,5-6H2,1-3H3. The van der Waals surface area contributed by atoms with Gasteiger partial charge in [-0.25, -0.2) is 0 Å². The van der Waals surface area contributed by atoms with Crippen LogP contribution in [0.5, 0.6) is 5.75 Å². The molecule has 1 nitrogen and oxygen atoms in total. The van der Waals surface area contributed by atoms with E-state index >= 15 is 0 Å². The monoisotopic (exact) mass is 190 g/mol. The summed E-state index contributed by atoms with van der Waals surface area (Å²) in [5, 5.41) is 0. The van der Waals surface area contributed by atoms with Crippen LogP contribution in [0, 0.1) is 6.92 Å². The summed E-state index contributed by atoms with van der Waals surface area (Å²) in [6.07, 6.45) is 2.94. The van der Waals surface area contributed by atoms with Crippen molar-refractivity contribution >= 4 is 0 Å². The molecule has 0 amide bonds. The Balaban J connectivity index is 2.27. The van der Waals surface area contributed by atoms with E-state index in [1.807, 2.05) is 0 Å². The predicted molar refractivity (Wildman–Crippen MR) is 58.9 cm³/mol. The van der Waals surface area contributed by atoms with E-state index in [4.69, 9.17) is 4.74 Å².